The number of nitrogens with zero attached hydrogens (tertiary/aromatic N) is 2. The summed E-state index contributed by atoms with van der Waals surface area (Å²) < 4.78 is 39.9. The van der Waals surface area contributed by atoms with E-state index < -0.39 is 15.4 Å². The van der Waals surface area contributed by atoms with Crippen LogP contribution in [0.5, 0.6) is 5.75 Å². The number of ether oxygens (including phenoxy) is 2. The molecule has 1 amide bonds. The lowest BCUT2D eigenvalue weighted by Gasteiger charge is -2.42. The lowest BCUT2D eigenvalue weighted by atomic mass is 9.78. The summed E-state index contributed by atoms with van der Waals surface area (Å²) in [6, 6.07) is 17.1. The van der Waals surface area contributed by atoms with Crippen molar-refractivity contribution < 1.29 is 22.7 Å². The van der Waals surface area contributed by atoms with Gasteiger partial charge in [0, 0.05) is 38.0 Å². The minimum Gasteiger partial charge on any atom is -0.493 e. The van der Waals surface area contributed by atoms with Crippen molar-refractivity contribution >= 4 is 15.9 Å². The standard InChI is InChI=1S/C26H34N2O5S/c1-22-7-5-8-23(17-22)19-34(30,31)28-12-6-11-26(20-28,21-33-24-9-3-2-4-10-24)18-25(29)27-13-15-32-16-14-27/h2-5,7-10,17H,6,11-16,18-21H2,1H3/t26-/m0/s1. The molecule has 0 N–H and O–H groups in total. The first-order valence-electron chi connectivity index (χ1n) is 11.9. The van der Waals surface area contributed by atoms with Crippen LogP contribution >= 0.6 is 0 Å². The minimum absolute atomic E-state index is 0.0397. The van der Waals surface area contributed by atoms with E-state index >= 15 is 0 Å². The summed E-state index contributed by atoms with van der Waals surface area (Å²) in [7, 11) is -3.53. The van der Waals surface area contributed by atoms with Crippen molar-refractivity contribution in [2.75, 3.05) is 46.0 Å². The molecule has 2 heterocycles. The maximum atomic E-state index is 13.4. The van der Waals surface area contributed by atoms with Gasteiger partial charge in [-0.25, -0.2) is 12.7 Å². The third kappa shape index (κ3) is 6.37. The molecule has 4 rings (SSSR count). The number of rotatable bonds is 8. The molecule has 2 aliphatic heterocycles. The molecule has 0 spiro atoms. The van der Waals surface area contributed by atoms with E-state index in [9.17, 15) is 13.2 Å². The molecule has 2 saturated heterocycles. The van der Waals surface area contributed by atoms with Crippen LogP contribution in [0.1, 0.15) is 30.4 Å². The number of carbonyl (C=O) groups is 1. The maximum absolute atomic E-state index is 13.4. The molecular weight excluding hydrogens is 452 g/mol. The van der Waals surface area contributed by atoms with E-state index in [1.807, 2.05) is 66.4 Å². The zero-order valence-electron chi connectivity index (χ0n) is 19.8. The molecule has 0 radical (unpaired) electrons. The van der Waals surface area contributed by atoms with E-state index in [2.05, 4.69) is 0 Å². The third-order valence-electron chi connectivity index (χ3n) is 6.63. The first-order chi connectivity index (χ1) is 16.4. The van der Waals surface area contributed by atoms with Crippen molar-refractivity contribution in [3.05, 3.63) is 65.7 Å². The van der Waals surface area contributed by atoms with Gasteiger partial charge in [0.1, 0.15) is 5.75 Å². The van der Waals surface area contributed by atoms with Gasteiger partial charge in [-0.05, 0) is 37.5 Å². The van der Waals surface area contributed by atoms with E-state index in [1.54, 1.807) is 4.31 Å². The minimum atomic E-state index is -3.53. The second-order valence-electron chi connectivity index (χ2n) is 9.45. The summed E-state index contributed by atoms with van der Waals surface area (Å²) in [5.74, 6) is 0.722. The molecule has 0 bridgehead atoms. The van der Waals surface area contributed by atoms with Gasteiger partial charge >= 0.3 is 0 Å². The van der Waals surface area contributed by atoms with Crippen LogP contribution in [0.4, 0.5) is 0 Å². The number of amides is 1. The van der Waals surface area contributed by atoms with Gasteiger partial charge in [-0.15, -0.1) is 0 Å². The molecule has 2 fully saturated rings. The van der Waals surface area contributed by atoms with Gasteiger partial charge in [0.15, 0.2) is 0 Å². The van der Waals surface area contributed by atoms with Crippen LogP contribution in [0.3, 0.4) is 0 Å². The molecule has 0 saturated carbocycles. The second-order valence-corrected chi connectivity index (χ2v) is 11.4. The van der Waals surface area contributed by atoms with Gasteiger partial charge in [0.25, 0.3) is 0 Å². The molecule has 34 heavy (non-hydrogen) atoms. The Morgan fingerprint density at radius 1 is 1.06 bits per heavy atom. The fraction of sp³-hybridized carbons (Fsp3) is 0.500. The zero-order valence-corrected chi connectivity index (χ0v) is 20.6. The number of carbonyl (C=O) groups excluding carboxylic acids is 1. The molecule has 7 nitrogen and oxygen atoms in total. The van der Waals surface area contributed by atoms with Crippen LogP contribution in [0.25, 0.3) is 0 Å². The number of piperidine rings is 1. The van der Waals surface area contributed by atoms with Gasteiger partial charge in [0.05, 0.1) is 25.6 Å². The Balaban J connectivity index is 1.53. The van der Waals surface area contributed by atoms with Gasteiger partial charge in [-0.3, -0.25) is 4.79 Å². The predicted molar refractivity (Wildman–Crippen MR) is 131 cm³/mol. The van der Waals surface area contributed by atoms with E-state index in [1.165, 1.54) is 0 Å². The highest BCUT2D eigenvalue weighted by molar-refractivity contribution is 7.88. The van der Waals surface area contributed by atoms with Crippen molar-refractivity contribution in [2.24, 2.45) is 5.41 Å². The Hall–Kier alpha value is -2.42. The van der Waals surface area contributed by atoms with Gasteiger partial charge in [0.2, 0.25) is 15.9 Å². The van der Waals surface area contributed by atoms with Gasteiger partial charge in [-0.1, -0.05) is 48.0 Å². The average molecular weight is 487 g/mol. The number of hydrogen-bond acceptors (Lipinski definition) is 5. The molecule has 1 atom stereocenters. The van der Waals surface area contributed by atoms with E-state index in [-0.39, 0.29) is 24.6 Å². The molecule has 2 aromatic carbocycles. The average Bonchev–Trinajstić information content (AvgIpc) is 2.84. The Morgan fingerprint density at radius 2 is 1.82 bits per heavy atom. The number of hydrogen-bond donors (Lipinski definition) is 0. The van der Waals surface area contributed by atoms with Gasteiger partial charge < -0.3 is 14.4 Å². The number of sulfonamides is 1. The highest BCUT2D eigenvalue weighted by Gasteiger charge is 2.42. The zero-order chi connectivity index (χ0) is 24.0. The lowest BCUT2D eigenvalue weighted by molar-refractivity contribution is -0.139. The first-order valence-corrected chi connectivity index (χ1v) is 13.5. The monoisotopic (exact) mass is 486 g/mol. The summed E-state index contributed by atoms with van der Waals surface area (Å²) in [4.78, 5) is 15.0. The predicted octanol–water partition coefficient (Wildman–Crippen LogP) is 3.23. The van der Waals surface area contributed by atoms with Crippen molar-refractivity contribution in [2.45, 2.75) is 31.9 Å². The Morgan fingerprint density at radius 3 is 2.56 bits per heavy atom. The molecule has 0 unspecified atom stereocenters. The smallest absolute Gasteiger partial charge is 0.223 e. The highest BCUT2D eigenvalue weighted by atomic mass is 32.2. The largest absolute Gasteiger partial charge is 0.493 e. The maximum Gasteiger partial charge on any atom is 0.223 e. The summed E-state index contributed by atoms with van der Waals surface area (Å²) in [5, 5.41) is 0. The van der Waals surface area contributed by atoms with Crippen LogP contribution in [0, 0.1) is 12.3 Å². The van der Waals surface area contributed by atoms with Crippen LogP contribution in [-0.2, 0) is 25.3 Å². The molecule has 8 heteroatoms. The van der Waals surface area contributed by atoms with Crippen LogP contribution in [0.15, 0.2) is 54.6 Å². The van der Waals surface area contributed by atoms with Crippen LogP contribution in [-0.4, -0.2) is 69.5 Å². The third-order valence-corrected chi connectivity index (χ3v) is 8.43. The number of benzene rings is 2. The Labute approximate surface area is 202 Å². The topological polar surface area (TPSA) is 76.2 Å². The first kappa shape index (κ1) is 24.7. The molecule has 2 aromatic rings. The van der Waals surface area contributed by atoms with Crippen molar-refractivity contribution in [3.63, 3.8) is 0 Å². The molecule has 2 aliphatic rings. The summed E-state index contributed by atoms with van der Waals surface area (Å²) in [5.41, 5.74) is 1.23. The number of morpholine rings is 1. The Kier molecular flexibility index (Phi) is 7.91. The quantitative estimate of drug-likeness (QED) is 0.573. The summed E-state index contributed by atoms with van der Waals surface area (Å²) in [6.07, 6.45) is 1.70. The van der Waals surface area contributed by atoms with Crippen molar-refractivity contribution in [1.82, 2.24) is 9.21 Å². The molecule has 0 aromatic heterocycles. The van der Waals surface area contributed by atoms with Crippen molar-refractivity contribution in [1.29, 1.82) is 0 Å². The van der Waals surface area contributed by atoms with E-state index in [4.69, 9.17) is 9.47 Å². The molecule has 0 aliphatic carbocycles. The number of para-hydroxylation sites is 1. The number of aryl methyl sites for hydroxylation is 1. The fourth-order valence-electron chi connectivity index (χ4n) is 4.82. The van der Waals surface area contributed by atoms with Crippen LogP contribution in [0.2, 0.25) is 0 Å². The second kappa shape index (κ2) is 10.9. The van der Waals surface area contributed by atoms with E-state index in [0.717, 1.165) is 23.3 Å². The van der Waals surface area contributed by atoms with Crippen LogP contribution < -0.4 is 4.74 Å². The van der Waals surface area contributed by atoms with E-state index in [0.29, 0.717) is 45.9 Å². The molecular formula is C26H34N2O5S. The Bertz CT molecular complexity index is 1070. The SMILES string of the molecule is Cc1cccc(CS(=O)(=O)N2CCC[C@](COc3ccccc3)(CC(=O)N3CCOCC3)C2)c1. The fourth-order valence-corrected chi connectivity index (χ4v) is 6.48. The molecule has 184 valence electrons. The normalized spacial score (nSPS) is 21.9. The summed E-state index contributed by atoms with van der Waals surface area (Å²) >= 11 is 0. The highest BCUT2D eigenvalue weighted by Crippen LogP contribution is 2.37. The summed E-state index contributed by atoms with van der Waals surface area (Å²) in [6.45, 7) is 5.22. The lowest BCUT2D eigenvalue weighted by Crippen LogP contribution is -2.52. The van der Waals surface area contributed by atoms with Gasteiger partial charge in [-0.2, -0.15) is 0 Å². The van der Waals surface area contributed by atoms with Crippen molar-refractivity contribution in [3.8, 4) is 5.75 Å².